The molecule has 0 aromatic heterocycles. The number of rotatable bonds is 9. The summed E-state index contributed by atoms with van der Waals surface area (Å²) >= 11 is 4.92. The van der Waals surface area contributed by atoms with Gasteiger partial charge < -0.3 is 20.1 Å². The number of nitrogens with one attached hydrogen (secondary N) is 1. The van der Waals surface area contributed by atoms with E-state index in [4.69, 9.17) is 26.9 Å². The predicted octanol–water partition coefficient (Wildman–Crippen LogP) is 8.04. The van der Waals surface area contributed by atoms with Crippen LogP contribution >= 0.6 is 60.9 Å². The fraction of sp³-hybridized carbons (Fsp3) is 0.900. The molecule has 6 unspecified atom stereocenters. The number of hydrogen-bond donors (Lipinski definition) is 3. The van der Waals surface area contributed by atoms with Crippen molar-refractivity contribution < 1.29 is 24.2 Å². The van der Waals surface area contributed by atoms with Crippen LogP contribution in [0.5, 0.6) is 0 Å². The van der Waals surface area contributed by atoms with E-state index in [-0.39, 0.29) is 39.9 Å². The lowest BCUT2D eigenvalue weighted by atomic mass is 9.96. The molecule has 0 heterocycles. The molecule has 3 aliphatic carbocycles. The third-order valence-electron chi connectivity index (χ3n) is 5.17. The second kappa shape index (κ2) is 23.6. The minimum absolute atomic E-state index is 0.0648. The van der Waals surface area contributed by atoms with E-state index in [1.54, 1.807) is 0 Å². The van der Waals surface area contributed by atoms with Gasteiger partial charge in [-0.05, 0) is 77.9 Å². The van der Waals surface area contributed by atoms with Crippen LogP contribution in [0.25, 0.3) is 0 Å². The second-order valence-corrected chi connectivity index (χ2v) is 21.4. The molecule has 7 nitrogen and oxygen atoms in total. The molecule has 6 atom stereocenters. The summed E-state index contributed by atoms with van der Waals surface area (Å²) in [6.45, 7) is 4.31. The molecular weight excluding hydrogens is 570 g/mol. The van der Waals surface area contributed by atoms with Crippen molar-refractivity contribution in [3.63, 3.8) is 0 Å². The molecule has 0 aromatic rings. The van der Waals surface area contributed by atoms with Crippen LogP contribution in [0.4, 0.5) is 9.59 Å². The second-order valence-electron chi connectivity index (χ2n) is 8.17. The van der Waals surface area contributed by atoms with Gasteiger partial charge in [-0.3, -0.25) is 5.09 Å². The summed E-state index contributed by atoms with van der Waals surface area (Å²) in [5.74, 6) is 0. The maximum Gasteiger partial charge on any atom is 0.410 e. The number of carbonyl (C=O) groups excluding carboxylic acids is 2. The minimum atomic E-state index is -0.672. The lowest BCUT2D eigenvalue weighted by molar-refractivity contribution is 0.0566. The number of aliphatic hydroxyl groups is 1. The van der Waals surface area contributed by atoms with E-state index >= 15 is 0 Å². The molecule has 0 aromatic carbocycles. The molecule has 0 spiro atoms. The van der Waals surface area contributed by atoms with Crippen molar-refractivity contribution in [1.29, 1.82) is 0 Å². The van der Waals surface area contributed by atoms with Crippen LogP contribution in [0.3, 0.4) is 0 Å². The highest BCUT2D eigenvalue weighted by atomic mass is 35.5. The number of carbonyl (C=O) groups is 2. The Hall–Kier alpha value is 1.53. The van der Waals surface area contributed by atoms with Crippen molar-refractivity contribution in [2.24, 2.45) is 5.50 Å². The normalized spacial score (nSPS) is 19.6. The Kier molecular flexibility index (Phi) is 24.7. The van der Waals surface area contributed by atoms with Gasteiger partial charge in [-0.15, -0.1) is 17.9 Å². The molecule has 3 aliphatic rings. The molecule has 4 N–H and O–H groups in total. The summed E-state index contributed by atoms with van der Waals surface area (Å²) < 4.78 is 9.84. The van der Waals surface area contributed by atoms with Crippen LogP contribution in [-0.2, 0) is 9.47 Å². The first-order valence-corrected chi connectivity index (χ1v) is 22.8. The zero-order chi connectivity index (χ0) is 25.8. The third-order valence-corrected chi connectivity index (χ3v) is 17.6. The van der Waals surface area contributed by atoms with Crippen molar-refractivity contribution in [3.05, 3.63) is 0 Å². The van der Waals surface area contributed by atoms with E-state index in [0.717, 1.165) is 73.4 Å². The van der Waals surface area contributed by atoms with Crippen molar-refractivity contribution in [2.45, 2.75) is 103 Å². The first kappa shape index (κ1) is 35.5. The van der Waals surface area contributed by atoms with E-state index in [1.807, 2.05) is 0 Å². The maximum absolute atomic E-state index is 11.4. The van der Waals surface area contributed by atoms with Gasteiger partial charge in [-0.2, -0.15) is 0 Å². The summed E-state index contributed by atoms with van der Waals surface area (Å²) in [5, 5.41) is 11.4. The van der Waals surface area contributed by atoms with Crippen molar-refractivity contribution in [1.82, 2.24) is 5.09 Å². The Morgan fingerprint density at radius 3 is 1.68 bits per heavy atom. The number of amides is 1. The van der Waals surface area contributed by atoms with Gasteiger partial charge in [0.1, 0.15) is 12.2 Å². The average molecular weight is 615 g/mol. The molecule has 202 valence electrons. The van der Waals surface area contributed by atoms with Gasteiger partial charge in [0.25, 0.3) is 0 Å². The van der Waals surface area contributed by atoms with Crippen LogP contribution in [0.1, 0.15) is 84.5 Å². The lowest BCUT2D eigenvalue weighted by Crippen LogP contribution is -2.29. The molecule has 0 radical (unpaired) electrons. The SMILES string of the molecule is CCCP(N)PP.CCCP(NC(=O)OC1CCC1)PP.O=C(Cl)OC1CCC1.OC1CCC1. The highest BCUT2D eigenvalue weighted by Crippen LogP contribution is 2.57. The quantitative estimate of drug-likeness (QED) is 0.179. The topological polar surface area (TPSA) is 111 Å². The zero-order valence-corrected chi connectivity index (χ0v) is 27.4. The molecule has 3 rings (SSSR count). The highest BCUT2D eigenvalue weighted by molar-refractivity contribution is 8.44. The number of hydrogen-bond acceptors (Lipinski definition) is 6. The predicted molar refractivity (Wildman–Crippen MR) is 161 cm³/mol. The third kappa shape index (κ3) is 20.6. The van der Waals surface area contributed by atoms with Crippen LogP contribution in [0.2, 0.25) is 0 Å². The van der Waals surface area contributed by atoms with Crippen LogP contribution in [0.15, 0.2) is 0 Å². The summed E-state index contributed by atoms with van der Waals surface area (Å²) in [7, 11) is 6.61. The molecule has 3 fully saturated rings. The molecule has 0 aliphatic heterocycles. The molecular formula is C20H45ClN2O5P6. The molecule has 34 heavy (non-hydrogen) atoms. The summed E-state index contributed by atoms with van der Waals surface area (Å²) in [5.41, 5.74) is 4.97. The van der Waals surface area contributed by atoms with Crippen LogP contribution in [0, 0.1) is 0 Å². The summed E-state index contributed by atoms with van der Waals surface area (Å²) in [6, 6.07) is 0. The number of nitrogens with two attached hydrogens (primary N) is 1. The van der Waals surface area contributed by atoms with Gasteiger partial charge in [0.15, 0.2) is 0 Å². The van der Waals surface area contributed by atoms with E-state index < -0.39 is 5.43 Å². The average Bonchev–Trinajstić information content (AvgIpc) is 2.73. The molecule has 1 amide bonds. The zero-order valence-electron chi connectivity index (χ0n) is 20.5. The van der Waals surface area contributed by atoms with Gasteiger partial charge in [-0.25, -0.2) is 9.59 Å². The van der Waals surface area contributed by atoms with Crippen molar-refractivity contribution in [2.75, 3.05) is 12.3 Å². The van der Waals surface area contributed by atoms with Crippen LogP contribution in [-0.4, -0.2) is 47.3 Å². The molecule has 0 bridgehead atoms. The van der Waals surface area contributed by atoms with E-state index in [0.29, 0.717) is 0 Å². The van der Waals surface area contributed by atoms with E-state index in [2.05, 4.69) is 41.5 Å². The van der Waals surface area contributed by atoms with Crippen LogP contribution < -0.4 is 10.6 Å². The monoisotopic (exact) mass is 614 g/mol. The number of aliphatic hydroxyl groups excluding tert-OH is 1. The number of ether oxygens (including phenoxy) is 2. The Balaban J connectivity index is 0.000000463. The minimum Gasteiger partial charge on any atom is -0.450 e. The van der Waals surface area contributed by atoms with Gasteiger partial charge >= 0.3 is 11.5 Å². The van der Waals surface area contributed by atoms with Crippen molar-refractivity contribution in [3.8, 4) is 0 Å². The molecule has 14 heteroatoms. The lowest BCUT2D eigenvalue weighted by Gasteiger charge is -2.26. The fourth-order valence-corrected chi connectivity index (χ4v) is 9.72. The van der Waals surface area contributed by atoms with Gasteiger partial charge in [0.05, 0.1) is 6.10 Å². The van der Waals surface area contributed by atoms with Gasteiger partial charge in [0.2, 0.25) is 0 Å². The smallest absolute Gasteiger partial charge is 0.410 e. The fourth-order valence-electron chi connectivity index (χ4n) is 2.46. The maximum atomic E-state index is 11.4. The summed E-state index contributed by atoms with van der Waals surface area (Å²) in [6.07, 6.45) is 14.6. The Morgan fingerprint density at radius 2 is 1.44 bits per heavy atom. The van der Waals surface area contributed by atoms with E-state index in [9.17, 15) is 9.59 Å². The first-order valence-electron chi connectivity index (χ1n) is 12.0. The van der Waals surface area contributed by atoms with E-state index in [1.165, 1.54) is 25.4 Å². The highest BCUT2D eigenvalue weighted by Gasteiger charge is 2.22. The number of halogens is 1. The molecule has 3 saturated carbocycles. The standard InChI is InChI=1S/C8H18NO2P3.C5H7ClO2.C4H8O.C3H12NP3/c1-2-6-14(13-12)9-8(10)11-7-4-3-5-7;6-5(7)8-4-2-1-3-4;5-4-2-1-3-4;1-2-3-7(4)6-5/h7,13H,2-6,12H2,1H3,(H,9,10);4H,1-3H2;4-5H,1-3H2;6H,2-5H2,1H3. The molecule has 0 saturated heterocycles. The van der Waals surface area contributed by atoms with Gasteiger partial charge in [-0.1, -0.05) is 42.6 Å². The largest absolute Gasteiger partial charge is 0.450 e. The first-order chi connectivity index (χ1) is 16.2. The summed E-state index contributed by atoms with van der Waals surface area (Å²) in [4.78, 5) is 21.4. The Morgan fingerprint density at radius 1 is 0.971 bits per heavy atom. The van der Waals surface area contributed by atoms with Crippen molar-refractivity contribution >= 4 is 72.4 Å². The Bertz CT molecular complexity index is 532. The van der Waals surface area contributed by atoms with Gasteiger partial charge in [0, 0.05) is 19.4 Å². The Labute approximate surface area is 221 Å².